The van der Waals surface area contributed by atoms with Crippen LogP contribution in [0.15, 0.2) is 6.07 Å². The maximum absolute atomic E-state index is 11.9. The molecule has 2 rings (SSSR count). The van der Waals surface area contributed by atoms with E-state index in [1.54, 1.807) is 0 Å². The summed E-state index contributed by atoms with van der Waals surface area (Å²) in [5.41, 5.74) is 0.834. The van der Waals surface area contributed by atoms with Crippen LogP contribution in [-0.4, -0.2) is 42.2 Å². The summed E-state index contributed by atoms with van der Waals surface area (Å²) in [5, 5.41) is 0. The summed E-state index contributed by atoms with van der Waals surface area (Å²) >= 11 is 0. The number of ether oxygens (including phenoxy) is 2. The van der Waals surface area contributed by atoms with Gasteiger partial charge < -0.3 is 14.4 Å². The van der Waals surface area contributed by atoms with Crippen molar-refractivity contribution in [1.29, 1.82) is 0 Å². The van der Waals surface area contributed by atoms with E-state index in [4.69, 9.17) is 9.47 Å². The van der Waals surface area contributed by atoms with E-state index in [9.17, 15) is 4.79 Å². The van der Waals surface area contributed by atoms with Gasteiger partial charge in [0.1, 0.15) is 6.04 Å². The number of aromatic nitrogens is 2. The molecule has 1 saturated heterocycles. The van der Waals surface area contributed by atoms with Gasteiger partial charge in [0.15, 0.2) is 0 Å². The molecule has 1 fully saturated rings. The summed E-state index contributed by atoms with van der Waals surface area (Å²) in [6, 6.07) is 1.51. The number of aryl methyl sites for hydroxylation is 1. The van der Waals surface area contributed by atoms with Gasteiger partial charge >= 0.3 is 5.97 Å². The zero-order chi connectivity index (χ0) is 15.2. The average molecular weight is 293 g/mol. The molecule has 0 spiro atoms. The van der Waals surface area contributed by atoms with Crippen LogP contribution in [0.1, 0.15) is 38.3 Å². The molecule has 0 aromatic carbocycles. The fourth-order valence-corrected chi connectivity index (χ4v) is 2.49. The molecule has 1 aliphatic heterocycles. The smallest absolute Gasteiger partial charge is 0.328 e. The van der Waals surface area contributed by atoms with E-state index in [0.717, 1.165) is 37.9 Å². The van der Waals surface area contributed by atoms with Crippen molar-refractivity contribution in [2.24, 2.45) is 0 Å². The van der Waals surface area contributed by atoms with Crippen molar-refractivity contribution in [3.63, 3.8) is 0 Å². The fraction of sp³-hybridized carbons (Fsp3) is 0.667. The zero-order valence-electron chi connectivity index (χ0n) is 13.0. The minimum absolute atomic E-state index is 0.226. The Hall–Kier alpha value is -1.85. The van der Waals surface area contributed by atoms with Crippen LogP contribution in [0.3, 0.4) is 0 Å². The largest absolute Gasteiger partial charge is 0.478 e. The van der Waals surface area contributed by atoms with Crippen molar-refractivity contribution < 1.29 is 14.3 Å². The monoisotopic (exact) mass is 293 g/mol. The number of anilines is 1. The highest BCUT2D eigenvalue weighted by Gasteiger charge is 2.31. The van der Waals surface area contributed by atoms with Gasteiger partial charge in [-0.05, 0) is 32.6 Å². The summed E-state index contributed by atoms with van der Waals surface area (Å²) in [4.78, 5) is 22.8. The number of methoxy groups -OCH3 is 1. The van der Waals surface area contributed by atoms with E-state index in [0.29, 0.717) is 18.4 Å². The van der Waals surface area contributed by atoms with Gasteiger partial charge in [-0.2, -0.15) is 4.98 Å². The summed E-state index contributed by atoms with van der Waals surface area (Å²) in [6.45, 7) is 5.33. The van der Waals surface area contributed by atoms with Crippen LogP contribution in [0.4, 0.5) is 5.95 Å². The highest BCUT2D eigenvalue weighted by molar-refractivity contribution is 5.79. The number of rotatable bonds is 5. The fourth-order valence-electron chi connectivity index (χ4n) is 2.49. The minimum Gasteiger partial charge on any atom is -0.478 e. The normalized spacial score (nSPS) is 18.4. The first kappa shape index (κ1) is 15.5. The number of nitrogens with zero attached hydrogens (tertiary/aromatic N) is 3. The van der Waals surface area contributed by atoms with Gasteiger partial charge in [-0.1, -0.05) is 6.92 Å². The van der Waals surface area contributed by atoms with Crippen molar-refractivity contribution in [2.45, 2.75) is 45.6 Å². The van der Waals surface area contributed by atoms with Gasteiger partial charge in [-0.3, -0.25) is 0 Å². The molecule has 116 valence electrons. The molecule has 1 atom stereocenters. The highest BCUT2D eigenvalue weighted by atomic mass is 16.5. The Kier molecular flexibility index (Phi) is 5.36. The Morgan fingerprint density at radius 1 is 1.43 bits per heavy atom. The third kappa shape index (κ3) is 3.83. The van der Waals surface area contributed by atoms with E-state index in [-0.39, 0.29) is 12.0 Å². The summed E-state index contributed by atoms with van der Waals surface area (Å²) < 4.78 is 10.5. The summed E-state index contributed by atoms with van der Waals surface area (Å²) in [7, 11) is 1.42. The lowest BCUT2D eigenvalue weighted by molar-refractivity contribution is -0.142. The second kappa shape index (κ2) is 7.24. The molecule has 0 amide bonds. The molecule has 1 aromatic heterocycles. The Morgan fingerprint density at radius 3 is 2.95 bits per heavy atom. The molecule has 0 N–H and O–H groups in total. The zero-order valence-corrected chi connectivity index (χ0v) is 13.0. The first-order chi connectivity index (χ1) is 10.2. The highest BCUT2D eigenvalue weighted by Crippen LogP contribution is 2.24. The van der Waals surface area contributed by atoms with Crippen LogP contribution in [0, 0.1) is 6.92 Å². The molecule has 1 aromatic rings. The molecule has 0 bridgehead atoms. The van der Waals surface area contributed by atoms with Crippen LogP contribution < -0.4 is 9.64 Å². The van der Waals surface area contributed by atoms with Gasteiger partial charge in [-0.25, -0.2) is 9.78 Å². The average Bonchev–Trinajstić information content (AvgIpc) is 2.51. The van der Waals surface area contributed by atoms with E-state index >= 15 is 0 Å². The molecule has 0 radical (unpaired) electrons. The van der Waals surface area contributed by atoms with Crippen LogP contribution in [0.5, 0.6) is 5.88 Å². The summed E-state index contributed by atoms with van der Waals surface area (Å²) in [6.07, 6.45) is 3.74. The minimum atomic E-state index is -0.301. The summed E-state index contributed by atoms with van der Waals surface area (Å²) in [5.74, 6) is 0.889. The lowest BCUT2D eigenvalue weighted by Crippen LogP contribution is -2.46. The standard InChI is InChI=1S/C15H23N3O3/c1-4-9-21-13-10-11(2)16-15(17-13)18-8-6-5-7-12(18)14(19)20-3/h10,12H,4-9H2,1-3H3. The Labute approximate surface area is 125 Å². The Morgan fingerprint density at radius 2 is 2.24 bits per heavy atom. The molecule has 0 aliphatic carbocycles. The number of piperidine rings is 1. The van der Waals surface area contributed by atoms with Crippen molar-refractivity contribution in [2.75, 3.05) is 25.2 Å². The first-order valence-electron chi connectivity index (χ1n) is 7.48. The van der Waals surface area contributed by atoms with Gasteiger partial charge in [-0.15, -0.1) is 0 Å². The van der Waals surface area contributed by atoms with Gasteiger partial charge in [0.2, 0.25) is 11.8 Å². The van der Waals surface area contributed by atoms with Gasteiger partial charge in [0, 0.05) is 18.3 Å². The van der Waals surface area contributed by atoms with E-state index < -0.39 is 0 Å². The third-order valence-electron chi connectivity index (χ3n) is 3.51. The number of carbonyl (C=O) groups excluding carboxylic acids is 1. The van der Waals surface area contributed by atoms with Crippen LogP contribution in [0.2, 0.25) is 0 Å². The second-order valence-electron chi connectivity index (χ2n) is 5.22. The van der Waals surface area contributed by atoms with Gasteiger partial charge in [0.25, 0.3) is 0 Å². The van der Waals surface area contributed by atoms with Crippen LogP contribution >= 0.6 is 0 Å². The van der Waals surface area contributed by atoms with Crippen molar-refractivity contribution >= 4 is 11.9 Å². The quantitative estimate of drug-likeness (QED) is 0.775. The SMILES string of the molecule is CCCOc1cc(C)nc(N2CCCCC2C(=O)OC)n1. The van der Waals surface area contributed by atoms with E-state index in [2.05, 4.69) is 9.97 Å². The number of hydrogen-bond acceptors (Lipinski definition) is 6. The van der Waals surface area contributed by atoms with Crippen LogP contribution in [0.25, 0.3) is 0 Å². The van der Waals surface area contributed by atoms with Crippen molar-refractivity contribution in [3.05, 3.63) is 11.8 Å². The maximum Gasteiger partial charge on any atom is 0.328 e. The molecule has 1 unspecified atom stereocenters. The lowest BCUT2D eigenvalue weighted by atomic mass is 10.0. The number of carbonyl (C=O) groups is 1. The van der Waals surface area contributed by atoms with Crippen LogP contribution in [-0.2, 0) is 9.53 Å². The molecule has 0 saturated carbocycles. The first-order valence-corrected chi connectivity index (χ1v) is 7.48. The third-order valence-corrected chi connectivity index (χ3v) is 3.51. The lowest BCUT2D eigenvalue weighted by Gasteiger charge is -2.33. The Balaban J connectivity index is 2.25. The molecular formula is C15H23N3O3. The topological polar surface area (TPSA) is 64.5 Å². The molecular weight excluding hydrogens is 270 g/mol. The number of hydrogen-bond donors (Lipinski definition) is 0. The Bertz CT molecular complexity index is 493. The van der Waals surface area contributed by atoms with Gasteiger partial charge in [0.05, 0.1) is 13.7 Å². The van der Waals surface area contributed by atoms with E-state index in [1.807, 2.05) is 24.8 Å². The predicted octanol–water partition coefficient (Wildman–Crippen LogP) is 2.11. The van der Waals surface area contributed by atoms with E-state index in [1.165, 1.54) is 7.11 Å². The van der Waals surface area contributed by atoms with Crippen molar-refractivity contribution in [3.8, 4) is 5.88 Å². The molecule has 1 aliphatic rings. The maximum atomic E-state index is 11.9. The predicted molar refractivity (Wildman–Crippen MR) is 79.6 cm³/mol. The second-order valence-corrected chi connectivity index (χ2v) is 5.22. The number of esters is 1. The molecule has 6 nitrogen and oxygen atoms in total. The van der Waals surface area contributed by atoms with Crippen molar-refractivity contribution in [1.82, 2.24) is 9.97 Å². The molecule has 21 heavy (non-hydrogen) atoms. The molecule has 2 heterocycles. The molecule has 6 heteroatoms.